The Balaban J connectivity index is 1.36. The number of nitrogens with zero attached hydrogens (tertiary/aromatic N) is 6. The third kappa shape index (κ3) is 7.03. The smallest absolute Gasteiger partial charge is 0.394 e. The lowest BCUT2D eigenvalue weighted by Gasteiger charge is -2.33. The summed E-state index contributed by atoms with van der Waals surface area (Å²) in [6.45, 7) is -0.333. The molecule has 2 amide bonds. The molecule has 0 spiro atoms. The number of aliphatic hydroxyl groups excluding tert-OH is 1. The van der Waals surface area contributed by atoms with Gasteiger partial charge in [-0.05, 0) is 42.5 Å². The third-order valence-corrected chi connectivity index (χ3v) is 7.43. The maximum Gasteiger partial charge on any atom is 0.471 e. The van der Waals surface area contributed by atoms with E-state index in [0.717, 1.165) is 15.4 Å². The molecule has 44 heavy (non-hydrogen) atoms. The molecule has 5 rings (SSSR count). The van der Waals surface area contributed by atoms with E-state index in [1.807, 2.05) is 0 Å². The maximum atomic E-state index is 13.0. The molecule has 2 aromatic heterocycles. The molecular formula is C27H28F6N8O3. The molecule has 236 valence electrons. The fourth-order valence-corrected chi connectivity index (χ4v) is 5.21. The van der Waals surface area contributed by atoms with Crippen molar-refractivity contribution in [3.8, 4) is 11.1 Å². The highest BCUT2D eigenvalue weighted by Gasteiger charge is 2.44. The number of nitrogens with one attached hydrogen (secondary N) is 2. The fourth-order valence-electron chi connectivity index (χ4n) is 5.21. The first kappa shape index (κ1) is 31.0. The zero-order valence-electron chi connectivity index (χ0n) is 23.1. The summed E-state index contributed by atoms with van der Waals surface area (Å²) in [5.74, 6) is -3.31. The van der Waals surface area contributed by atoms with E-state index in [2.05, 4.69) is 25.7 Å². The van der Waals surface area contributed by atoms with Crippen LogP contribution in [0.1, 0.15) is 24.0 Å². The number of hydrogen-bond acceptors (Lipinski definition) is 8. The first-order chi connectivity index (χ1) is 20.8. The Kier molecular flexibility index (Phi) is 8.67. The van der Waals surface area contributed by atoms with Crippen LogP contribution in [-0.2, 0) is 29.1 Å². The van der Waals surface area contributed by atoms with Crippen LogP contribution in [0, 0.1) is 0 Å². The number of halogens is 6. The second kappa shape index (κ2) is 12.3. The number of amides is 2. The van der Waals surface area contributed by atoms with Crippen LogP contribution in [0.5, 0.6) is 0 Å². The molecule has 1 aromatic carbocycles. The van der Waals surface area contributed by atoms with Crippen LogP contribution in [0.25, 0.3) is 11.1 Å². The largest absolute Gasteiger partial charge is 0.471 e. The van der Waals surface area contributed by atoms with Gasteiger partial charge in [0.2, 0.25) is 5.95 Å². The predicted molar refractivity (Wildman–Crippen MR) is 145 cm³/mol. The Morgan fingerprint density at radius 1 is 0.955 bits per heavy atom. The first-order valence-electron chi connectivity index (χ1n) is 13.7. The molecule has 3 aromatic rings. The summed E-state index contributed by atoms with van der Waals surface area (Å²) in [6.07, 6.45) is -4.43. The van der Waals surface area contributed by atoms with E-state index in [-0.39, 0.29) is 70.6 Å². The van der Waals surface area contributed by atoms with Crippen LogP contribution in [0.4, 0.5) is 43.8 Å². The average molecular weight is 627 g/mol. The highest BCUT2D eigenvalue weighted by Crippen LogP contribution is 2.31. The van der Waals surface area contributed by atoms with E-state index >= 15 is 0 Å². The number of carbonyl (C=O) groups excluding carboxylic acids is 2. The number of aliphatic hydroxyl groups is 1. The quantitative estimate of drug-likeness (QED) is 0.340. The van der Waals surface area contributed by atoms with E-state index in [4.69, 9.17) is 0 Å². The minimum atomic E-state index is -4.97. The molecular weight excluding hydrogens is 598 g/mol. The lowest BCUT2D eigenvalue weighted by Crippen LogP contribution is -2.47. The first-order valence-corrected chi connectivity index (χ1v) is 13.7. The molecule has 1 saturated heterocycles. The zero-order chi connectivity index (χ0) is 31.6. The molecule has 0 unspecified atom stereocenters. The van der Waals surface area contributed by atoms with Gasteiger partial charge in [-0.1, -0.05) is 6.07 Å². The van der Waals surface area contributed by atoms with Gasteiger partial charge in [0, 0.05) is 61.4 Å². The molecule has 17 heteroatoms. The van der Waals surface area contributed by atoms with Crippen LogP contribution >= 0.6 is 0 Å². The minimum Gasteiger partial charge on any atom is -0.394 e. The number of aromatic nitrogens is 4. The normalized spacial score (nSPS) is 16.1. The van der Waals surface area contributed by atoms with Crippen molar-refractivity contribution < 1.29 is 41.0 Å². The second-order valence-electron chi connectivity index (χ2n) is 10.5. The van der Waals surface area contributed by atoms with E-state index in [1.54, 1.807) is 30.6 Å². The van der Waals surface area contributed by atoms with Crippen LogP contribution in [0.3, 0.4) is 0 Å². The van der Waals surface area contributed by atoms with Gasteiger partial charge < -0.3 is 25.5 Å². The van der Waals surface area contributed by atoms with Crippen LogP contribution < -0.4 is 10.6 Å². The van der Waals surface area contributed by atoms with Gasteiger partial charge in [0.15, 0.2) is 0 Å². The highest BCUT2D eigenvalue weighted by molar-refractivity contribution is 5.82. The Morgan fingerprint density at radius 3 is 2.34 bits per heavy atom. The molecule has 2 aliphatic rings. The van der Waals surface area contributed by atoms with Gasteiger partial charge in [0.25, 0.3) is 0 Å². The number of alkyl halides is 6. The van der Waals surface area contributed by atoms with Crippen LogP contribution in [-0.4, -0.2) is 91.1 Å². The van der Waals surface area contributed by atoms with Crippen molar-refractivity contribution in [2.45, 2.75) is 50.7 Å². The molecule has 0 radical (unpaired) electrons. The molecule has 0 bridgehead atoms. The summed E-state index contributed by atoms with van der Waals surface area (Å²) in [5, 5.41) is 19.7. The molecule has 2 aliphatic heterocycles. The number of benzene rings is 1. The molecule has 0 aliphatic carbocycles. The summed E-state index contributed by atoms with van der Waals surface area (Å²) in [7, 11) is 0. The highest BCUT2D eigenvalue weighted by atomic mass is 19.4. The second-order valence-corrected chi connectivity index (χ2v) is 10.5. The lowest BCUT2D eigenvalue weighted by atomic mass is 9.99. The number of likely N-dealkylation sites (tertiary alicyclic amines) is 1. The van der Waals surface area contributed by atoms with E-state index in [0.29, 0.717) is 28.2 Å². The van der Waals surface area contributed by atoms with Crippen molar-refractivity contribution in [2.24, 2.45) is 0 Å². The van der Waals surface area contributed by atoms with E-state index in [9.17, 15) is 41.0 Å². The Morgan fingerprint density at radius 2 is 1.66 bits per heavy atom. The van der Waals surface area contributed by atoms with Gasteiger partial charge in [0.05, 0.1) is 19.3 Å². The van der Waals surface area contributed by atoms with Gasteiger partial charge in [-0.2, -0.15) is 36.4 Å². The number of carbonyl (C=O) groups is 2. The number of hydrogen-bond donors (Lipinski definition) is 3. The fraction of sp³-hybridized carbons (Fsp3) is 0.444. The summed E-state index contributed by atoms with van der Waals surface area (Å²) in [6, 6.07) is 4.78. The number of fused-ring (bicyclic) bond motifs is 1. The zero-order valence-corrected chi connectivity index (χ0v) is 23.1. The molecule has 4 heterocycles. The standard InChI is InChI=1S/C27H28F6N8O3/c28-26(29,30)23(43)39-7-4-19(5-8-39)36-22-21(18-12-35-41(15-18)9-10-42)13-34-25(38-22)37-20-2-1-16-3-6-40(14-17(16)11-20)24(44)27(31,32)33/h1-2,11-13,15,19,42H,3-10,14H2,(H2,34,36,37,38). The average Bonchev–Trinajstić information content (AvgIpc) is 3.44. The van der Waals surface area contributed by atoms with Crippen molar-refractivity contribution in [1.29, 1.82) is 0 Å². The van der Waals surface area contributed by atoms with E-state index in [1.165, 1.54) is 10.9 Å². The molecule has 0 atom stereocenters. The predicted octanol–water partition coefficient (Wildman–Crippen LogP) is 3.49. The topological polar surface area (TPSA) is 129 Å². The van der Waals surface area contributed by atoms with E-state index < -0.39 is 24.2 Å². The van der Waals surface area contributed by atoms with Crippen LogP contribution in [0.2, 0.25) is 0 Å². The SMILES string of the molecule is O=C(N1CCC(Nc2nc(Nc3ccc4c(c3)CN(C(=O)C(F)(F)F)CC4)ncc2-c2cnn(CCO)c2)CC1)C(F)(F)F. The Labute approximate surface area is 246 Å². The van der Waals surface area contributed by atoms with Crippen LogP contribution in [0.15, 0.2) is 36.8 Å². The number of piperidine rings is 1. The van der Waals surface area contributed by atoms with Gasteiger partial charge in [-0.15, -0.1) is 0 Å². The summed E-state index contributed by atoms with van der Waals surface area (Å²) in [5.41, 5.74) is 2.97. The molecule has 1 fully saturated rings. The maximum absolute atomic E-state index is 13.0. The Hall–Kier alpha value is -4.41. The van der Waals surface area contributed by atoms with Crippen molar-refractivity contribution in [3.05, 3.63) is 47.9 Å². The molecule has 3 N–H and O–H groups in total. The number of anilines is 3. The van der Waals surface area contributed by atoms with Gasteiger partial charge in [-0.3, -0.25) is 14.3 Å². The monoisotopic (exact) mass is 626 g/mol. The van der Waals surface area contributed by atoms with Crippen molar-refractivity contribution >= 4 is 29.3 Å². The van der Waals surface area contributed by atoms with Crippen molar-refractivity contribution in [3.63, 3.8) is 0 Å². The van der Waals surface area contributed by atoms with Crippen molar-refractivity contribution in [1.82, 2.24) is 29.5 Å². The molecule has 0 saturated carbocycles. The summed E-state index contributed by atoms with van der Waals surface area (Å²) in [4.78, 5) is 33.9. The lowest BCUT2D eigenvalue weighted by molar-refractivity contribution is -0.186. The number of rotatable bonds is 7. The Bertz CT molecular complexity index is 1520. The van der Waals surface area contributed by atoms with Gasteiger partial charge in [0.1, 0.15) is 5.82 Å². The van der Waals surface area contributed by atoms with Gasteiger partial charge >= 0.3 is 24.2 Å². The minimum absolute atomic E-state index is 0.0457. The summed E-state index contributed by atoms with van der Waals surface area (Å²) >= 11 is 0. The summed E-state index contributed by atoms with van der Waals surface area (Å²) < 4.78 is 79.1. The van der Waals surface area contributed by atoms with Gasteiger partial charge in [-0.25, -0.2) is 4.98 Å². The van der Waals surface area contributed by atoms with Crippen molar-refractivity contribution in [2.75, 3.05) is 36.9 Å². The molecule has 11 nitrogen and oxygen atoms in total. The third-order valence-electron chi connectivity index (χ3n) is 7.43.